The Morgan fingerprint density at radius 3 is 2.39 bits per heavy atom. The van der Waals surface area contributed by atoms with E-state index in [9.17, 15) is 13.2 Å². The second kappa shape index (κ2) is 9.52. The standard InChI is InChI=1S/C21H26N2O4S/c1-5-6-16-7-11-18(12-8-16)22-21(24)14-10-17-9-13-19(27-4)20(15-17)28(25,26)23(2)3/h7-15H,5-6H2,1-4H3,(H,22,24)/b14-10+. The molecule has 1 N–H and O–H groups in total. The van der Waals surface area contributed by atoms with Crippen molar-refractivity contribution in [2.45, 2.75) is 24.7 Å². The lowest BCUT2D eigenvalue weighted by Gasteiger charge is -2.15. The van der Waals surface area contributed by atoms with Crippen molar-refractivity contribution < 1.29 is 17.9 Å². The number of carbonyl (C=O) groups is 1. The maximum absolute atomic E-state index is 12.5. The summed E-state index contributed by atoms with van der Waals surface area (Å²) in [6.07, 6.45) is 5.01. The lowest BCUT2D eigenvalue weighted by Crippen LogP contribution is -2.22. The summed E-state index contributed by atoms with van der Waals surface area (Å²) < 4.78 is 31.2. The predicted molar refractivity (Wildman–Crippen MR) is 112 cm³/mol. The minimum Gasteiger partial charge on any atom is -0.495 e. The molecule has 7 heteroatoms. The molecule has 0 aliphatic carbocycles. The molecule has 2 aromatic carbocycles. The Morgan fingerprint density at radius 2 is 1.82 bits per heavy atom. The van der Waals surface area contributed by atoms with Crippen molar-refractivity contribution in [1.82, 2.24) is 4.31 Å². The van der Waals surface area contributed by atoms with Gasteiger partial charge < -0.3 is 10.1 Å². The Hall–Kier alpha value is -2.64. The molecule has 0 bridgehead atoms. The van der Waals surface area contributed by atoms with E-state index >= 15 is 0 Å². The van der Waals surface area contributed by atoms with E-state index in [-0.39, 0.29) is 16.6 Å². The van der Waals surface area contributed by atoms with Gasteiger partial charge in [0, 0.05) is 25.9 Å². The van der Waals surface area contributed by atoms with Crippen LogP contribution in [0.15, 0.2) is 53.4 Å². The zero-order valence-corrected chi connectivity index (χ0v) is 17.4. The number of hydrogen-bond acceptors (Lipinski definition) is 4. The fraction of sp³-hybridized carbons (Fsp3) is 0.286. The first kappa shape index (κ1) is 21.7. The second-order valence-corrected chi connectivity index (χ2v) is 8.59. The van der Waals surface area contributed by atoms with E-state index < -0.39 is 10.0 Å². The van der Waals surface area contributed by atoms with Crippen molar-refractivity contribution in [2.24, 2.45) is 0 Å². The summed E-state index contributed by atoms with van der Waals surface area (Å²) in [5.74, 6) is -0.0430. The molecule has 0 heterocycles. The maximum atomic E-state index is 12.5. The molecule has 6 nitrogen and oxygen atoms in total. The molecule has 0 aromatic heterocycles. The van der Waals surface area contributed by atoms with Crippen LogP contribution in [0.5, 0.6) is 5.75 Å². The van der Waals surface area contributed by atoms with Crippen LogP contribution in [-0.4, -0.2) is 39.8 Å². The van der Waals surface area contributed by atoms with Crippen molar-refractivity contribution >= 4 is 27.7 Å². The number of amides is 1. The van der Waals surface area contributed by atoms with Crippen molar-refractivity contribution in [3.63, 3.8) is 0 Å². The first-order chi connectivity index (χ1) is 13.3. The number of methoxy groups -OCH3 is 1. The third-order valence-corrected chi connectivity index (χ3v) is 5.97. The Labute approximate surface area is 166 Å². The zero-order valence-electron chi connectivity index (χ0n) is 16.6. The first-order valence-corrected chi connectivity index (χ1v) is 10.4. The fourth-order valence-corrected chi connectivity index (χ4v) is 3.68. The van der Waals surface area contributed by atoms with Crippen LogP contribution in [0, 0.1) is 0 Å². The zero-order chi connectivity index (χ0) is 20.7. The molecule has 0 atom stereocenters. The summed E-state index contributed by atoms with van der Waals surface area (Å²) >= 11 is 0. The molecule has 0 aliphatic heterocycles. The number of benzene rings is 2. The monoisotopic (exact) mass is 402 g/mol. The van der Waals surface area contributed by atoms with E-state index in [4.69, 9.17) is 4.74 Å². The number of anilines is 1. The summed E-state index contributed by atoms with van der Waals surface area (Å²) in [7, 11) is 0.661. The lowest BCUT2D eigenvalue weighted by atomic mass is 10.1. The number of carbonyl (C=O) groups excluding carboxylic acids is 1. The molecule has 28 heavy (non-hydrogen) atoms. The Bertz CT molecular complexity index is 949. The molecule has 0 fully saturated rings. The Balaban J connectivity index is 2.16. The average Bonchev–Trinajstić information content (AvgIpc) is 2.67. The summed E-state index contributed by atoms with van der Waals surface area (Å²) in [5, 5.41) is 2.79. The van der Waals surface area contributed by atoms with Gasteiger partial charge in [-0.15, -0.1) is 0 Å². The van der Waals surface area contributed by atoms with Crippen LogP contribution < -0.4 is 10.1 Å². The van der Waals surface area contributed by atoms with E-state index in [0.29, 0.717) is 11.3 Å². The minimum atomic E-state index is -3.66. The maximum Gasteiger partial charge on any atom is 0.248 e. The smallest absolute Gasteiger partial charge is 0.248 e. The average molecular weight is 403 g/mol. The van der Waals surface area contributed by atoms with E-state index in [0.717, 1.165) is 17.1 Å². The molecule has 0 saturated heterocycles. The quantitative estimate of drug-likeness (QED) is 0.685. The van der Waals surface area contributed by atoms with Crippen LogP contribution in [0.3, 0.4) is 0 Å². The highest BCUT2D eigenvalue weighted by Gasteiger charge is 2.22. The Kier molecular flexibility index (Phi) is 7.37. The van der Waals surface area contributed by atoms with Gasteiger partial charge in [-0.1, -0.05) is 31.5 Å². The molecule has 1 amide bonds. The number of nitrogens with zero attached hydrogens (tertiary/aromatic N) is 1. The van der Waals surface area contributed by atoms with E-state index in [1.807, 2.05) is 24.3 Å². The normalized spacial score (nSPS) is 11.8. The highest BCUT2D eigenvalue weighted by Crippen LogP contribution is 2.27. The molecule has 0 unspecified atom stereocenters. The van der Waals surface area contributed by atoms with Crippen molar-refractivity contribution in [3.8, 4) is 5.75 Å². The third kappa shape index (κ3) is 5.43. The third-order valence-electron chi connectivity index (χ3n) is 4.13. The van der Waals surface area contributed by atoms with Crippen LogP contribution in [0.2, 0.25) is 0 Å². The SMILES string of the molecule is CCCc1ccc(NC(=O)/C=C/c2ccc(OC)c(S(=O)(=O)N(C)C)c2)cc1. The number of sulfonamides is 1. The van der Waals surface area contributed by atoms with Gasteiger partial charge in [0.2, 0.25) is 15.9 Å². The highest BCUT2D eigenvalue weighted by molar-refractivity contribution is 7.89. The molecule has 0 saturated carbocycles. The summed E-state index contributed by atoms with van der Waals surface area (Å²) in [5.41, 5.74) is 2.51. The van der Waals surface area contributed by atoms with E-state index in [2.05, 4.69) is 12.2 Å². The summed E-state index contributed by atoms with van der Waals surface area (Å²) in [6, 6.07) is 12.5. The molecule has 150 valence electrons. The van der Waals surface area contributed by atoms with Crippen molar-refractivity contribution in [1.29, 1.82) is 0 Å². The van der Waals surface area contributed by atoms with Gasteiger partial charge in [-0.25, -0.2) is 12.7 Å². The number of nitrogens with one attached hydrogen (secondary N) is 1. The van der Waals surface area contributed by atoms with E-state index in [1.54, 1.807) is 18.2 Å². The Morgan fingerprint density at radius 1 is 1.14 bits per heavy atom. The largest absolute Gasteiger partial charge is 0.495 e. The topological polar surface area (TPSA) is 75.7 Å². The molecular formula is C21H26N2O4S. The number of rotatable bonds is 8. The molecule has 2 aromatic rings. The van der Waals surface area contributed by atoms with Gasteiger partial charge in [-0.2, -0.15) is 0 Å². The van der Waals surface area contributed by atoms with Gasteiger partial charge in [0.15, 0.2) is 0 Å². The van der Waals surface area contributed by atoms with Gasteiger partial charge in [0.05, 0.1) is 7.11 Å². The number of hydrogen-bond donors (Lipinski definition) is 1. The number of aryl methyl sites for hydroxylation is 1. The van der Waals surface area contributed by atoms with Gasteiger partial charge in [-0.05, 0) is 47.9 Å². The van der Waals surface area contributed by atoms with E-state index in [1.165, 1.54) is 38.9 Å². The van der Waals surface area contributed by atoms with Gasteiger partial charge in [0.1, 0.15) is 10.6 Å². The molecule has 0 aliphatic rings. The van der Waals surface area contributed by atoms with Crippen LogP contribution in [0.1, 0.15) is 24.5 Å². The van der Waals surface area contributed by atoms with Gasteiger partial charge >= 0.3 is 0 Å². The lowest BCUT2D eigenvalue weighted by molar-refractivity contribution is -0.111. The highest BCUT2D eigenvalue weighted by atomic mass is 32.2. The van der Waals surface area contributed by atoms with Crippen LogP contribution in [-0.2, 0) is 21.2 Å². The van der Waals surface area contributed by atoms with Crippen LogP contribution in [0.4, 0.5) is 5.69 Å². The predicted octanol–water partition coefficient (Wildman–Crippen LogP) is 3.55. The van der Waals surface area contributed by atoms with Crippen LogP contribution in [0.25, 0.3) is 6.08 Å². The molecule has 0 spiro atoms. The fourth-order valence-electron chi connectivity index (χ4n) is 2.59. The van der Waals surface area contributed by atoms with Gasteiger partial charge in [0.25, 0.3) is 0 Å². The van der Waals surface area contributed by atoms with Gasteiger partial charge in [-0.3, -0.25) is 4.79 Å². The molecule has 0 radical (unpaired) electrons. The number of ether oxygens (including phenoxy) is 1. The van der Waals surface area contributed by atoms with Crippen LogP contribution >= 0.6 is 0 Å². The van der Waals surface area contributed by atoms with Crippen molar-refractivity contribution in [3.05, 3.63) is 59.7 Å². The summed E-state index contributed by atoms with van der Waals surface area (Å²) in [6.45, 7) is 2.12. The first-order valence-electron chi connectivity index (χ1n) is 8.96. The summed E-state index contributed by atoms with van der Waals surface area (Å²) in [4.78, 5) is 12.2. The molecular weight excluding hydrogens is 376 g/mol. The minimum absolute atomic E-state index is 0.0501. The molecule has 2 rings (SSSR count). The van der Waals surface area contributed by atoms with Crippen molar-refractivity contribution in [2.75, 3.05) is 26.5 Å². The second-order valence-electron chi connectivity index (χ2n) is 6.47.